The highest BCUT2D eigenvalue weighted by molar-refractivity contribution is 5.88. The van der Waals surface area contributed by atoms with E-state index in [9.17, 15) is 10.1 Å². The number of carbonyl (C=O) groups is 1. The third-order valence-corrected chi connectivity index (χ3v) is 5.04. The Bertz CT molecular complexity index is 1050. The molecule has 28 heavy (non-hydrogen) atoms. The van der Waals surface area contributed by atoms with Crippen LogP contribution in [0.15, 0.2) is 47.2 Å². The lowest BCUT2D eigenvalue weighted by atomic mass is 10.1. The molecule has 0 saturated carbocycles. The predicted octanol–water partition coefficient (Wildman–Crippen LogP) is 2.60. The minimum absolute atomic E-state index is 0.0692. The van der Waals surface area contributed by atoms with Crippen LogP contribution < -0.4 is 9.64 Å². The second-order valence-electron chi connectivity index (χ2n) is 6.65. The summed E-state index contributed by atoms with van der Waals surface area (Å²) in [6.45, 7) is 2.51. The lowest BCUT2D eigenvalue weighted by Crippen LogP contribution is -2.49. The fraction of sp³-hybridized carbons (Fsp3) is 0.286. The van der Waals surface area contributed by atoms with Gasteiger partial charge in [-0.05, 0) is 24.3 Å². The van der Waals surface area contributed by atoms with E-state index in [1.54, 1.807) is 31.7 Å². The van der Waals surface area contributed by atoms with Crippen molar-refractivity contribution < 1.29 is 13.9 Å². The predicted molar refractivity (Wildman–Crippen MR) is 104 cm³/mol. The van der Waals surface area contributed by atoms with Crippen LogP contribution in [-0.4, -0.2) is 49.1 Å². The van der Waals surface area contributed by atoms with Crippen molar-refractivity contribution >= 4 is 22.7 Å². The van der Waals surface area contributed by atoms with E-state index < -0.39 is 0 Å². The van der Waals surface area contributed by atoms with Gasteiger partial charge in [-0.25, -0.2) is 4.98 Å². The first-order chi connectivity index (χ1) is 13.7. The molecule has 1 aromatic carbocycles. The molecule has 1 aliphatic rings. The molecular formula is C21H20N4O3. The van der Waals surface area contributed by atoms with Crippen molar-refractivity contribution in [1.29, 1.82) is 5.26 Å². The number of ether oxygens (including phenoxy) is 1. The molecule has 0 spiro atoms. The molecular weight excluding hydrogens is 356 g/mol. The molecule has 142 valence electrons. The Hall–Kier alpha value is -3.53. The number of rotatable bonds is 4. The van der Waals surface area contributed by atoms with Gasteiger partial charge in [-0.15, -0.1) is 0 Å². The summed E-state index contributed by atoms with van der Waals surface area (Å²) in [4.78, 5) is 21.0. The monoisotopic (exact) mass is 376 g/mol. The van der Waals surface area contributed by atoms with Gasteiger partial charge in [0.25, 0.3) is 0 Å². The second-order valence-corrected chi connectivity index (χ2v) is 6.65. The smallest absolute Gasteiger partial charge is 0.227 e. The number of nitrogens with zero attached hydrogens (tertiary/aromatic N) is 4. The van der Waals surface area contributed by atoms with Crippen molar-refractivity contribution in [3.63, 3.8) is 0 Å². The first kappa shape index (κ1) is 17.9. The highest BCUT2D eigenvalue weighted by Gasteiger charge is 2.24. The molecule has 1 saturated heterocycles. The number of aromatic nitrogens is 1. The summed E-state index contributed by atoms with van der Waals surface area (Å²) >= 11 is 0. The maximum absolute atomic E-state index is 12.8. The lowest BCUT2D eigenvalue weighted by Gasteiger charge is -2.35. The normalized spacial score (nSPS) is 14.1. The molecule has 1 aliphatic heterocycles. The molecule has 7 nitrogen and oxygen atoms in total. The number of piperazine rings is 1. The van der Waals surface area contributed by atoms with E-state index in [-0.39, 0.29) is 5.91 Å². The molecule has 0 N–H and O–H groups in total. The second kappa shape index (κ2) is 7.61. The SMILES string of the molecule is COc1ccc2c(CC(=O)N3CCN(c4ncccc4C#N)CC3)coc2c1. The number of fused-ring (bicyclic) bond motifs is 1. The van der Waals surface area contributed by atoms with Crippen molar-refractivity contribution in [3.05, 3.63) is 53.9 Å². The first-order valence-corrected chi connectivity index (χ1v) is 9.11. The standard InChI is InChI=1S/C21H20N4O3/c1-27-17-4-5-18-16(14-28-19(18)12-17)11-20(26)24-7-9-25(10-8-24)21-15(13-22)3-2-6-23-21/h2-6,12,14H,7-11H2,1H3. The first-order valence-electron chi connectivity index (χ1n) is 9.11. The zero-order chi connectivity index (χ0) is 19.5. The molecule has 0 radical (unpaired) electrons. The molecule has 4 rings (SSSR count). The number of amides is 1. The zero-order valence-corrected chi connectivity index (χ0v) is 15.6. The average molecular weight is 376 g/mol. The summed E-state index contributed by atoms with van der Waals surface area (Å²) in [5, 5.41) is 10.2. The van der Waals surface area contributed by atoms with Crippen molar-refractivity contribution in [1.82, 2.24) is 9.88 Å². The average Bonchev–Trinajstić information content (AvgIpc) is 3.15. The molecule has 7 heteroatoms. The van der Waals surface area contributed by atoms with Crippen LogP contribution in [0.4, 0.5) is 5.82 Å². The van der Waals surface area contributed by atoms with Gasteiger partial charge in [-0.3, -0.25) is 4.79 Å². The topological polar surface area (TPSA) is 82.6 Å². The maximum atomic E-state index is 12.8. The van der Waals surface area contributed by atoms with E-state index in [0.29, 0.717) is 49.6 Å². The molecule has 0 aliphatic carbocycles. The van der Waals surface area contributed by atoms with Crippen molar-refractivity contribution in [2.45, 2.75) is 6.42 Å². The summed E-state index contributed by atoms with van der Waals surface area (Å²) in [5.41, 5.74) is 2.15. The molecule has 1 fully saturated rings. The Balaban J connectivity index is 1.41. The molecule has 1 amide bonds. The number of methoxy groups -OCH3 is 1. The number of furan rings is 1. The highest BCUT2D eigenvalue weighted by atomic mass is 16.5. The van der Waals surface area contributed by atoms with Crippen LogP contribution in [0.1, 0.15) is 11.1 Å². The van der Waals surface area contributed by atoms with Gasteiger partial charge in [-0.2, -0.15) is 5.26 Å². The summed E-state index contributed by atoms with van der Waals surface area (Å²) < 4.78 is 10.8. The Morgan fingerprint density at radius 1 is 1.29 bits per heavy atom. The van der Waals surface area contributed by atoms with Crippen molar-refractivity contribution in [3.8, 4) is 11.8 Å². The summed E-state index contributed by atoms with van der Waals surface area (Å²) in [7, 11) is 1.61. The Labute approximate surface area is 162 Å². The summed E-state index contributed by atoms with van der Waals surface area (Å²) in [6.07, 6.45) is 3.63. The molecule has 3 aromatic rings. The van der Waals surface area contributed by atoms with Gasteiger partial charge in [0.1, 0.15) is 23.2 Å². The number of carbonyl (C=O) groups excluding carboxylic acids is 1. The molecule has 2 aromatic heterocycles. The highest BCUT2D eigenvalue weighted by Crippen LogP contribution is 2.26. The molecule has 0 unspecified atom stereocenters. The molecule has 0 bridgehead atoms. The largest absolute Gasteiger partial charge is 0.497 e. The number of benzene rings is 1. The van der Waals surface area contributed by atoms with E-state index in [1.807, 2.05) is 23.1 Å². The van der Waals surface area contributed by atoms with Crippen LogP contribution in [0.5, 0.6) is 5.75 Å². The Morgan fingerprint density at radius 3 is 2.86 bits per heavy atom. The molecule has 0 atom stereocenters. The Morgan fingerprint density at radius 2 is 2.11 bits per heavy atom. The fourth-order valence-electron chi connectivity index (χ4n) is 3.51. The van der Waals surface area contributed by atoms with Crippen LogP contribution in [0.2, 0.25) is 0 Å². The Kier molecular flexibility index (Phi) is 4.85. The number of nitriles is 1. The van der Waals surface area contributed by atoms with Gasteiger partial charge in [0, 0.05) is 49.4 Å². The minimum Gasteiger partial charge on any atom is -0.497 e. The summed E-state index contributed by atoms with van der Waals surface area (Å²) in [5.74, 6) is 1.48. The van der Waals surface area contributed by atoms with Crippen LogP contribution >= 0.6 is 0 Å². The van der Waals surface area contributed by atoms with Gasteiger partial charge >= 0.3 is 0 Å². The van der Waals surface area contributed by atoms with E-state index in [2.05, 4.69) is 16.0 Å². The third-order valence-electron chi connectivity index (χ3n) is 5.04. The summed E-state index contributed by atoms with van der Waals surface area (Å²) in [6, 6.07) is 11.3. The van der Waals surface area contributed by atoms with E-state index >= 15 is 0 Å². The quantitative estimate of drug-likeness (QED) is 0.696. The number of pyridine rings is 1. The van der Waals surface area contributed by atoms with Crippen molar-refractivity contribution in [2.75, 3.05) is 38.2 Å². The minimum atomic E-state index is 0.0692. The van der Waals surface area contributed by atoms with Gasteiger partial charge in [0.05, 0.1) is 25.4 Å². The number of anilines is 1. The van der Waals surface area contributed by atoms with Crippen molar-refractivity contribution in [2.24, 2.45) is 0 Å². The number of hydrogen-bond acceptors (Lipinski definition) is 6. The van der Waals surface area contributed by atoms with E-state index in [1.165, 1.54) is 0 Å². The van der Waals surface area contributed by atoms with Gasteiger partial charge in [-0.1, -0.05) is 0 Å². The molecule has 3 heterocycles. The van der Waals surface area contributed by atoms with Crippen LogP contribution in [0, 0.1) is 11.3 Å². The lowest BCUT2D eigenvalue weighted by molar-refractivity contribution is -0.130. The van der Waals surface area contributed by atoms with Crippen LogP contribution in [0.3, 0.4) is 0 Å². The van der Waals surface area contributed by atoms with Gasteiger partial charge in [0.15, 0.2) is 0 Å². The van der Waals surface area contributed by atoms with E-state index in [0.717, 1.165) is 16.7 Å². The maximum Gasteiger partial charge on any atom is 0.227 e. The van der Waals surface area contributed by atoms with Gasteiger partial charge in [0.2, 0.25) is 5.91 Å². The van der Waals surface area contributed by atoms with Crippen LogP contribution in [-0.2, 0) is 11.2 Å². The number of hydrogen-bond donors (Lipinski definition) is 0. The van der Waals surface area contributed by atoms with Gasteiger partial charge < -0.3 is 19.0 Å². The third kappa shape index (κ3) is 3.37. The fourth-order valence-corrected chi connectivity index (χ4v) is 3.51. The van der Waals surface area contributed by atoms with E-state index in [4.69, 9.17) is 9.15 Å². The zero-order valence-electron chi connectivity index (χ0n) is 15.6. The van der Waals surface area contributed by atoms with Crippen LogP contribution in [0.25, 0.3) is 11.0 Å².